The lowest BCUT2D eigenvalue weighted by atomic mass is 10.1. The first-order chi connectivity index (χ1) is 14.6. The van der Waals surface area contributed by atoms with Crippen molar-refractivity contribution in [3.63, 3.8) is 0 Å². The lowest BCUT2D eigenvalue weighted by Crippen LogP contribution is -2.37. The second-order valence-corrected chi connectivity index (χ2v) is 7.96. The van der Waals surface area contributed by atoms with Gasteiger partial charge in [0.1, 0.15) is 5.82 Å². The highest BCUT2D eigenvalue weighted by molar-refractivity contribution is 7.98. The van der Waals surface area contributed by atoms with E-state index in [1.807, 2.05) is 19.2 Å². The summed E-state index contributed by atoms with van der Waals surface area (Å²) in [5.74, 6) is 2.24. The van der Waals surface area contributed by atoms with Crippen LogP contribution in [0, 0.1) is 0 Å². The topological polar surface area (TPSA) is 82.4 Å². The lowest BCUT2D eigenvalue weighted by molar-refractivity contribution is 0.0600. The van der Waals surface area contributed by atoms with Crippen LogP contribution in [0.1, 0.15) is 28.7 Å². The number of imidazole rings is 1. The van der Waals surface area contributed by atoms with E-state index in [1.54, 1.807) is 23.9 Å². The third-order valence-electron chi connectivity index (χ3n) is 5.14. The summed E-state index contributed by atoms with van der Waals surface area (Å²) in [6.07, 6.45) is 0.838. The minimum atomic E-state index is -0.332. The summed E-state index contributed by atoms with van der Waals surface area (Å²) in [5, 5.41) is 0.715. The average molecular weight is 428 g/mol. The molecule has 1 aromatic carbocycles. The summed E-state index contributed by atoms with van der Waals surface area (Å²) in [4.78, 5) is 28.3. The van der Waals surface area contributed by atoms with Gasteiger partial charge in [0.25, 0.3) is 0 Å². The van der Waals surface area contributed by atoms with E-state index in [9.17, 15) is 4.79 Å². The maximum atomic E-state index is 11.6. The largest absolute Gasteiger partial charge is 0.465 e. The summed E-state index contributed by atoms with van der Waals surface area (Å²) < 4.78 is 12.3. The molecule has 0 radical (unpaired) electrons. The first kappa shape index (κ1) is 20.6. The van der Waals surface area contributed by atoms with E-state index in [0.29, 0.717) is 29.7 Å². The molecule has 3 heterocycles. The maximum Gasteiger partial charge on any atom is 0.337 e. The first-order valence-electron chi connectivity index (χ1n) is 9.96. The fourth-order valence-electron chi connectivity index (χ4n) is 3.45. The molecule has 0 saturated carbocycles. The van der Waals surface area contributed by atoms with Crippen molar-refractivity contribution < 1.29 is 14.3 Å². The fraction of sp³-hybridized carbons (Fsp3) is 0.429. The number of nitrogens with zero attached hydrogens (tertiary/aromatic N) is 5. The van der Waals surface area contributed by atoms with Gasteiger partial charge in [-0.3, -0.25) is 0 Å². The maximum absolute atomic E-state index is 11.6. The van der Waals surface area contributed by atoms with Gasteiger partial charge in [0.2, 0.25) is 0 Å². The molecule has 1 aliphatic rings. The highest BCUT2D eigenvalue weighted by Gasteiger charge is 2.21. The summed E-state index contributed by atoms with van der Waals surface area (Å²) >= 11 is 1.57. The molecule has 4 rings (SSSR count). The number of methoxy groups -OCH3 is 1. The normalized spacial score (nSPS) is 14.3. The van der Waals surface area contributed by atoms with E-state index in [4.69, 9.17) is 24.4 Å². The first-order valence-corrected chi connectivity index (χ1v) is 10.9. The smallest absolute Gasteiger partial charge is 0.337 e. The molecule has 8 nitrogen and oxygen atoms in total. The number of carbonyl (C=O) groups is 1. The molecule has 0 aliphatic carbocycles. The van der Waals surface area contributed by atoms with Crippen LogP contribution in [0.2, 0.25) is 0 Å². The van der Waals surface area contributed by atoms with E-state index >= 15 is 0 Å². The van der Waals surface area contributed by atoms with Gasteiger partial charge in [0.15, 0.2) is 22.1 Å². The second-order valence-electron chi connectivity index (χ2n) is 7.02. The van der Waals surface area contributed by atoms with Crippen LogP contribution < -0.4 is 4.90 Å². The standard InChI is InChI=1S/C21H25N5O3S/c1-4-16-22-17-18(25(16)2)23-21(24-19(17)26-9-11-29-12-10-26)30-13-14-5-7-15(8-6-14)20(27)28-3/h5-8H,4,9-13H2,1-3H3. The monoisotopic (exact) mass is 427 g/mol. The molecule has 1 aliphatic heterocycles. The number of morpholine rings is 1. The number of esters is 1. The molecular weight excluding hydrogens is 402 g/mol. The van der Waals surface area contributed by atoms with Gasteiger partial charge in [-0.25, -0.2) is 19.7 Å². The van der Waals surface area contributed by atoms with Crippen LogP contribution in [0.5, 0.6) is 0 Å². The van der Waals surface area contributed by atoms with E-state index in [0.717, 1.165) is 47.9 Å². The van der Waals surface area contributed by atoms with Crippen molar-refractivity contribution in [2.45, 2.75) is 24.3 Å². The van der Waals surface area contributed by atoms with Crippen molar-refractivity contribution in [2.24, 2.45) is 7.05 Å². The zero-order valence-electron chi connectivity index (χ0n) is 17.4. The van der Waals surface area contributed by atoms with Crippen LogP contribution in [0.3, 0.4) is 0 Å². The van der Waals surface area contributed by atoms with E-state index in [1.165, 1.54) is 7.11 Å². The third-order valence-corrected chi connectivity index (χ3v) is 6.06. The predicted octanol–water partition coefficient (Wildman–Crippen LogP) is 2.84. The second kappa shape index (κ2) is 9.01. The van der Waals surface area contributed by atoms with Crippen LogP contribution in [0.4, 0.5) is 5.82 Å². The SMILES string of the molecule is CCc1nc2c(N3CCOCC3)nc(SCc3ccc(C(=O)OC)cc3)nc2n1C. The van der Waals surface area contributed by atoms with Crippen molar-refractivity contribution in [3.05, 3.63) is 41.2 Å². The van der Waals surface area contributed by atoms with Gasteiger partial charge in [-0.15, -0.1) is 0 Å². The van der Waals surface area contributed by atoms with Crippen molar-refractivity contribution >= 4 is 34.7 Å². The van der Waals surface area contributed by atoms with Crippen LogP contribution in [-0.2, 0) is 28.7 Å². The number of carbonyl (C=O) groups excluding carboxylic acids is 1. The van der Waals surface area contributed by atoms with E-state index in [-0.39, 0.29) is 5.97 Å². The molecule has 1 saturated heterocycles. The Hall–Kier alpha value is -2.65. The summed E-state index contributed by atoms with van der Waals surface area (Å²) in [6.45, 7) is 5.06. The van der Waals surface area contributed by atoms with Gasteiger partial charge in [0, 0.05) is 32.3 Å². The van der Waals surface area contributed by atoms with Gasteiger partial charge in [-0.05, 0) is 17.7 Å². The van der Waals surface area contributed by atoms with Gasteiger partial charge in [0.05, 0.1) is 25.9 Å². The van der Waals surface area contributed by atoms with Crippen LogP contribution in [0.15, 0.2) is 29.4 Å². The van der Waals surface area contributed by atoms with Crippen molar-refractivity contribution in [1.29, 1.82) is 0 Å². The number of hydrogen-bond acceptors (Lipinski definition) is 8. The molecule has 0 atom stereocenters. The zero-order chi connectivity index (χ0) is 21.1. The van der Waals surface area contributed by atoms with Crippen LogP contribution in [0.25, 0.3) is 11.2 Å². The average Bonchev–Trinajstić information content (AvgIpc) is 3.13. The Bertz CT molecular complexity index is 1040. The van der Waals surface area contributed by atoms with Crippen LogP contribution >= 0.6 is 11.8 Å². The van der Waals surface area contributed by atoms with E-state index in [2.05, 4.69) is 16.4 Å². The number of thioether (sulfide) groups is 1. The number of benzene rings is 1. The Morgan fingerprint density at radius 3 is 2.57 bits per heavy atom. The molecule has 30 heavy (non-hydrogen) atoms. The number of anilines is 1. The number of fused-ring (bicyclic) bond motifs is 1. The fourth-order valence-corrected chi connectivity index (χ4v) is 4.24. The highest BCUT2D eigenvalue weighted by atomic mass is 32.2. The molecule has 0 bridgehead atoms. The van der Waals surface area contributed by atoms with Gasteiger partial charge < -0.3 is 18.9 Å². The van der Waals surface area contributed by atoms with E-state index < -0.39 is 0 Å². The van der Waals surface area contributed by atoms with Gasteiger partial charge >= 0.3 is 5.97 Å². The third kappa shape index (κ3) is 4.13. The molecule has 158 valence electrons. The summed E-state index contributed by atoms with van der Waals surface area (Å²) in [5.41, 5.74) is 3.33. The number of ether oxygens (including phenoxy) is 2. The number of aryl methyl sites for hydroxylation is 2. The zero-order valence-corrected chi connectivity index (χ0v) is 18.2. The number of hydrogen-bond donors (Lipinski definition) is 0. The Morgan fingerprint density at radius 1 is 1.17 bits per heavy atom. The Morgan fingerprint density at radius 2 is 1.90 bits per heavy atom. The van der Waals surface area contributed by atoms with Gasteiger partial charge in [-0.2, -0.15) is 0 Å². The predicted molar refractivity (Wildman–Crippen MR) is 116 cm³/mol. The summed E-state index contributed by atoms with van der Waals surface area (Å²) in [7, 11) is 3.39. The molecule has 9 heteroatoms. The molecule has 1 fully saturated rings. The van der Waals surface area contributed by atoms with Crippen LogP contribution in [-0.4, -0.2) is 58.9 Å². The molecule has 0 spiro atoms. The Labute approximate surface area is 179 Å². The lowest BCUT2D eigenvalue weighted by Gasteiger charge is -2.28. The number of rotatable bonds is 6. The minimum absolute atomic E-state index is 0.332. The quantitative estimate of drug-likeness (QED) is 0.337. The van der Waals surface area contributed by atoms with Crippen molar-refractivity contribution in [3.8, 4) is 0 Å². The Kier molecular flexibility index (Phi) is 6.19. The summed E-state index contributed by atoms with van der Waals surface area (Å²) in [6, 6.07) is 7.42. The molecule has 0 amide bonds. The molecule has 3 aromatic rings. The minimum Gasteiger partial charge on any atom is -0.465 e. The molecule has 2 aromatic heterocycles. The van der Waals surface area contributed by atoms with Crippen molar-refractivity contribution in [2.75, 3.05) is 38.3 Å². The molecular formula is C21H25N5O3S. The number of aromatic nitrogens is 4. The van der Waals surface area contributed by atoms with Crippen molar-refractivity contribution in [1.82, 2.24) is 19.5 Å². The highest BCUT2D eigenvalue weighted by Crippen LogP contribution is 2.29. The molecule has 0 N–H and O–H groups in total. The Balaban J connectivity index is 1.61. The molecule has 0 unspecified atom stereocenters. The van der Waals surface area contributed by atoms with Gasteiger partial charge in [-0.1, -0.05) is 30.8 Å².